The molecule has 0 atom stereocenters. The molecule has 2 aromatic carbocycles. The number of hydrogen-bond donors (Lipinski definition) is 2. The van der Waals surface area contributed by atoms with Crippen LogP contribution >= 0.6 is 11.3 Å². The largest absolute Gasteiger partial charge is 0.508 e. The fourth-order valence-corrected chi connectivity index (χ4v) is 4.47. The number of sulfonamides is 1. The molecule has 118 valence electrons. The van der Waals surface area contributed by atoms with Crippen molar-refractivity contribution >= 4 is 27.0 Å². The summed E-state index contributed by atoms with van der Waals surface area (Å²) in [6.07, 6.45) is 0. The molecule has 6 heteroatoms. The Balaban J connectivity index is 1.89. The van der Waals surface area contributed by atoms with Crippen LogP contribution in [0.3, 0.4) is 0 Å². The smallest absolute Gasteiger partial charge is 0.262 e. The van der Waals surface area contributed by atoms with E-state index in [4.69, 9.17) is 0 Å². The standard InChI is InChI=1S/C17H15NO3S2/c1-12-5-2-3-8-17(12)23(20,21)18-14-10-16(22-11-14)13-6-4-7-15(19)9-13/h2-11,18-19H,1H3. The summed E-state index contributed by atoms with van der Waals surface area (Å²) in [7, 11) is -3.61. The first kappa shape index (κ1) is 15.6. The molecule has 0 bridgehead atoms. The van der Waals surface area contributed by atoms with Gasteiger partial charge in [-0.05, 0) is 42.3 Å². The molecule has 0 spiro atoms. The molecule has 3 rings (SSSR count). The minimum Gasteiger partial charge on any atom is -0.508 e. The number of hydrogen-bond acceptors (Lipinski definition) is 4. The zero-order chi connectivity index (χ0) is 16.4. The third kappa shape index (κ3) is 3.38. The van der Waals surface area contributed by atoms with E-state index in [1.54, 1.807) is 60.8 Å². The van der Waals surface area contributed by atoms with Crippen molar-refractivity contribution in [2.24, 2.45) is 0 Å². The minimum absolute atomic E-state index is 0.179. The molecular formula is C17H15NO3S2. The van der Waals surface area contributed by atoms with Crippen molar-refractivity contribution in [2.45, 2.75) is 11.8 Å². The zero-order valence-corrected chi connectivity index (χ0v) is 14.0. The van der Waals surface area contributed by atoms with Crippen LogP contribution in [0.1, 0.15) is 5.56 Å². The monoisotopic (exact) mass is 345 g/mol. The van der Waals surface area contributed by atoms with Gasteiger partial charge >= 0.3 is 0 Å². The molecule has 0 fully saturated rings. The van der Waals surface area contributed by atoms with Gasteiger partial charge in [-0.2, -0.15) is 0 Å². The van der Waals surface area contributed by atoms with Crippen molar-refractivity contribution in [2.75, 3.05) is 4.72 Å². The summed E-state index contributed by atoms with van der Waals surface area (Å²) >= 11 is 1.41. The van der Waals surface area contributed by atoms with Gasteiger partial charge in [-0.15, -0.1) is 11.3 Å². The van der Waals surface area contributed by atoms with Gasteiger partial charge in [-0.3, -0.25) is 4.72 Å². The molecule has 1 heterocycles. The van der Waals surface area contributed by atoms with Gasteiger partial charge in [0.05, 0.1) is 10.6 Å². The number of rotatable bonds is 4. The fourth-order valence-electron chi connectivity index (χ4n) is 2.27. The van der Waals surface area contributed by atoms with Crippen LogP contribution in [0.25, 0.3) is 10.4 Å². The third-order valence-electron chi connectivity index (χ3n) is 3.37. The SMILES string of the molecule is Cc1ccccc1S(=O)(=O)Nc1csc(-c2cccc(O)c2)c1. The van der Waals surface area contributed by atoms with Gasteiger partial charge in [0.25, 0.3) is 10.0 Å². The van der Waals surface area contributed by atoms with Crippen LogP contribution in [0.4, 0.5) is 5.69 Å². The zero-order valence-electron chi connectivity index (χ0n) is 12.4. The highest BCUT2D eigenvalue weighted by Crippen LogP contribution is 2.32. The highest BCUT2D eigenvalue weighted by Gasteiger charge is 2.17. The second-order valence-electron chi connectivity index (χ2n) is 5.12. The number of phenolic OH excluding ortho intramolecular Hbond substituents is 1. The first-order valence-corrected chi connectivity index (χ1v) is 9.28. The second-order valence-corrected chi connectivity index (χ2v) is 7.68. The van der Waals surface area contributed by atoms with Crippen LogP contribution < -0.4 is 4.72 Å². The Kier molecular flexibility index (Phi) is 4.11. The number of aromatic hydroxyl groups is 1. The van der Waals surface area contributed by atoms with E-state index in [-0.39, 0.29) is 10.6 Å². The third-order valence-corrected chi connectivity index (χ3v) is 5.89. The van der Waals surface area contributed by atoms with E-state index in [0.29, 0.717) is 11.3 Å². The molecule has 0 aliphatic heterocycles. The van der Waals surface area contributed by atoms with Crippen molar-refractivity contribution in [3.63, 3.8) is 0 Å². The van der Waals surface area contributed by atoms with Crippen LogP contribution in [-0.2, 0) is 10.0 Å². The highest BCUT2D eigenvalue weighted by molar-refractivity contribution is 7.92. The van der Waals surface area contributed by atoms with Gasteiger partial charge in [-0.1, -0.05) is 30.3 Å². The van der Waals surface area contributed by atoms with Gasteiger partial charge in [-0.25, -0.2) is 8.42 Å². The van der Waals surface area contributed by atoms with Crippen LogP contribution in [0.15, 0.2) is 64.9 Å². The summed E-state index contributed by atoms with van der Waals surface area (Å²) in [6.45, 7) is 1.76. The second kappa shape index (κ2) is 6.06. The van der Waals surface area contributed by atoms with Crippen LogP contribution in [0.2, 0.25) is 0 Å². The van der Waals surface area contributed by atoms with E-state index in [2.05, 4.69) is 4.72 Å². The summed E-state index contributed by atoms with van der Waals surface area (Å²) in [5, 5.41) is 11.3. The van der Waals surface area contributed by atoms with Crippen LogP contribution in [-0.4, -0.2) is 13.5 Å². The van der Waals surface area contributed by atoms with E-state index in [9.17, 15) is 13.5 Å². The predicted octanol–water partition coefficient (Wildman–Crippen LogP) is 4.23. The number of nitrogens with one attached hydrogen (secondary N) is 1. The van der Waals surface area contributed by atoms with E-state index in [1.165, 1.54) is 11.3 Å². The topological polar surface area (TPSA) is 66.4 Å². The van der Waals surface area contributed by atoms with Gasteiger partial charge in [0, 0.05) is 10.3 Å². The summed E-state index contributed by atoms with van der Waals surface area (Å²) in [6, 6.07) is 15.5. The molecule has 1 aromatic heterocycles. The first-order chi connectivity index (χ1) is 11.0. The molecule has 0 amide bonds. The van der Waals surface area contributed by atoms with Crippen molar-refractivity contribution in [3.8, 4) is 16.2 Å². The van der Waals surface area contributed by atoms with Crippen LogP contribution in [0, 0.1) is 6.92 Å². The molecule has 3 aromatic rings. The molecule has 0 saturated carbocycles. The molecule has 0 aliphatic rings. The van der Waals surface area contributed by atoms with E-state index in [0.717, 1.165) is 10.4 Å². The van der Waals surface area contributed by atoms with Crippen molar-refractivity contribution in [3.05, 3.63) is 65.5 Å². The Labute approximate surface area is 139 Å². The lowest BCUT2D eigenvalue weighted by Crippen LogP contribution is -2.13. The number of aryl methyl sites for hydroxylation is 1. The molecule has 2 N–H and O–H groups in total. The van der Waals surface area contributed by atoms with Gasteiger partial charge < -0.3 is 5.11 Å². The minimum atomic E-state index is -3.61. The maximum Gasteiger partial charge on any atom is 0.262 e. The number of anilines is 1. The highest BCUT2D eigenvalue weighted by atomic mass is 32.2. The maximum absolute atomic E-state index is 12.5. The van der Waals surface area contributed by atoms with Crippen molar-refractivity contribution in [1.82, 2.24) is 0 Å². The normalized spacial score (nSPS) is 11.3. The predicted molar refractivity (Wildman–Crippen MR) is 93.4 cm³/mol. The quantitative estimate of drug-likeness (QED) is 0.743. The Morgan fingerprint density at radius 1 is 1.04 bits per heavy atom. The number of benzene rings is 2. The molecule has 0 saturated heterocycles. The Morgan fingerprint density at radius 3 is 2.57 bits per heavy atom. The summed E-state index contributed by atoms with van der Waals surface area (Å²) < 4.78 is 27.6. The lowest BCUT2D eigenvalue weighted by molar-refractivity contribution is 0.475. The van der Waals surface area contributed by atoms with Crippen LogP contribution in [0.5, 0.6) is 5.75 Å². The lowest BCUT2D eigenvalue weighted by Gasteiger charge is -2.08. The number of thiophene rings is 1. The fraction of sp³-hybridized carbons (Fsp3) is 0.0588. The molecule has 0 radical (unpaired) electrons. The molecule has 0 unspecified atom stereocenters. The molecule has 0 aliphatic carbocycles. The van der Waals surface area contributed by atoms with E-state index >= 15 is 0 Å². The average Bonchev–Trinajstić information content (AvgIpc) is 2.95. The number of phenols is 1. The Hall–Kier alpha value is -2.31. The van der Waals surface area contributed by atoms with Crippen molar-refractivity contribution < 1.29 is 13.5 Å². The molecule has 23 heavy (non-hydrogen) atoms. The van der Waals surface area contributed by atoms with Gasteiger partial charge in [0.1, 0.15) is 5.75 Å². The van der Waals surface area contributed by atoms with E-state index < -0.39 is 10.0 Å². The Morgan fingerprint density at radius 2 is 1.83 bits per heavy atom. The summed E-state index contributed by atoms with van der Waals surface area (Å²) in [4.78, 5) is 1.15. The maximum atomic E-state index is 12.5. The van der Waals surface area contributed by atoms with Gasteiger partial charge in [0.15, 0.2) is 0 Å². The summed E-state index contributed by atoms with van der Waals surface area (Å²) in [5.41, 5.74) is 2.05. The lowest BCUT2D eigenvalue weighted by atomic mass is 10.2. The Bertz CT molecular complexity index is 946. The van der Waals surface area contributed by atoms with Crippen molar-refractivity contribution in [1.29, 1.82) is 0 Å². The molecule has 4 nitrogen and oxygen atoms in total. The average molecular weight is 345 g/mol. The summed E-state index contributed by atoms with van der Waals surface area (Å²) in [5.74, 6) is 0.179. The van der Waals surface area contributed by atoms with Gasteiger partial charge in [0.2, 0.25) is 0 Å². The first-order valence-electron chi connectivity index (χ1n) is 6.92. The molecular weight excluding hydrogens is 330 g/mol. The van der Waals surface area contributed by atoms with E-state index in [1.807, 2.05) is 6.07 Å².